The molecule has 0 amide bonds. The summed E-state index contributed by atoms with van der Waals surface area (Å²) in [6.45, 7) is 2.66. The topological polar surface area (TPSA) is 57.0 Å². The van der Waals surface area contributed by atoms with Crippen LogP contribution in [-0.4, -0.2) is 27.6 Å². The monoisotopic (exact) mass is 231 g/mol. The number of allylic oxidation sites excluding steroid dienone is 1. The standard InChI is InChI=1S/C12H13N3O2/c1-2-17-12(16)8-5-9-15-11-7-4-3-6-10(11)13-14-15/h3-8H,2,9H2,1H3/b8-5+. The summed E-state index contributed by atoms with van der Waals surface area (Å²) in [5.41, 5.74) is 1.79. The zero-order valence-electron chi connectivity index (χ0n) is 9.54. The van der Waals surface area contributed by atoms with Gasteiger partial charge in [0.15, 0.2) is 0 Å². The molecule has 0 spiro atoms. The Morgan fingerprint density at radius 2 is 2.29 bits per heavy atom. The molecule has 0 atom stereocenters. The summed E-state index contributed by atoms with van der Waals surface area (Å²) in [7, 11) is 0. The van der Waals surface area contributed by atoms with Crippen LogP contribution in [0.15, 0.2) is 36.4 Å². The van der Waals surface area contributed by atoms with E-state index in [4.69, 9.17) is 4.74 Å². The number of esters is 1. The number of aromatic nitrogens is 3. The molecule has 0 fully saturated rings. The summed E-state index contributed by atoms with van der Waals surface area (Å²) in [6, 6.07) is 7.68. The highest BCUT2D eigenvalue weighted by Crippen LogP contribution is 2.09. The van der Waals surface area contributed by atoms with E-state index in [0.29, 0.717) is 13.2 Å². The van der Waals surface area contributed by atoms with Crippen molar-refractivity contribution in [2.75, 3.05) is 6.61 Å². The van der Waals surface area contributed by atoms with Crippen molar-refractivity contribution in [2.45, 2.75) is 13.5 Å². The fraction of sp³-hybridized carbons (Fsp3) is 0.250. The molecule has 5 heteroatoms. The minimum Gasteiger partial charge on any atom is -0.463 e. The average molecular weight is 231 g/mol. The molecule has 0 saturated heterocycles. The van der Waals surface area contributed by atoms with Gasteiger partial charge in [-0.1, -0.05) is 23.4 Å². The third-order valence-corrected chi connectivity index (χ3v) is 2.24. The molecule has 0 radical (unpaired) electrons. The predicted molar refractivity (Wildman–Crippen MR) is 63.3 cm³/mol. The van der Waals surface area contributed by atoms with Gasteiger partial charge in [0.25, 0.3) is 0 Å². The maximum Gasteiger partial charge on any atom is 0.330 e. The zero-order chi connectivity index (χ0) is 12.1. The largest absolute Gasteiger partial charge is 0.463 e. The predicted octanol–water partition coefficient (Wildman–Crippen LogP) is 1.55. The molecule has 2 rings (SSSR count). The maximum absolute atomic E-state index is 11.1. The first-order valence-corrected chi connectivity index (χ1v) is 5.43. The van der Waals surface area contributed by atoms with E-state index in [9.17, 15) is 4.79 Å². The summed E-state index contributed by atoms with van der Waals surface area (Å²) >= 11 is 0. The lowest BCUT2D eigenvalue weighted by Gasteiger charge is -1.97. The van der Waals surface area contributed by atoms with Gasteiger partial charge in [-0.05, 0) is 19.1 Å². The second-order valence-corrected chi connectivity index (χ2v) is 3.41. The normalized spacial score (nSPS) is 11.1. The molecule has 0 N–H and O–H groups in total. The average Bonchev–Trinajstić information content (AvgIpc) is 2.73. The van der Waals surface area contributed by atoms with Crippen LogP contribution in [0.4, 0.5) is 0 Å². The molecule has 17 heavy (non-hydrogen) atoms. The molecule has 0 bridgehead atoms. The molecule has 2 aromatic rings. The van der Waals surface area contributed by atoms with Crippen LogP contribution in [0.3, 0.4) is 0 Å². The van der Waals surface area contributed by atoms with E-state index >= 15 is 0 Å². The first kappa shape index (κ1) is 11.3. The van der Waals surface area contributed by atoms with Crippen molar-refractivity contribution in [3.8, 4) is 0 Å². The first-order chi connectivity index (χ1) is 8.31. The van der Waals surface area contributed by atoms with Crippen LogP contribution in [0.25, 0.3) is 11.0 Å². The number of hydrogen-bond donors (Lipinski definition) is 0. The number of ether oxygens (including phenoxy) is 1. The van der Waals surface area contributed by atoms with Gasteiger partial charge in [-0.25, -0.2) is 9.48 Å². The van der Waals surface area contributed by atoms with Gasteiger partial charge in [0.2, 0.25) is 0 Å². The lowest BCUT2D eigenvalue weighted by Crippen LogP contribution is -2.01. The third-order valence-electron chi connectivity index (χ3n) is 2.24. The fourth-order valence-electron chi connectivity index (χ4n) is 1.49. The Balaban J connectivity index is 2.06. The van der Waals surface area contributed by atoms with Crippen LogP contribution in [0.2, 0.25) is 0 Å². The molecule has 5 nitrogen and oxygen atoms in total. The number of rotatable bonds is 4. The molecular weight excluding hydrogens is 218 g/mol. The van der Waals surface area contributed by atoms with E-state index in [2.05, 4.69) is 10.3 Å². The molecule has 1 aromatic carbocycles. The number of nitrogens with zero attached hydrogens (tertiary/aromatic N) is 3. The smallest absolute Gasteiger partial charge is 0.330 e. The lowest BCUT2D eigenvalue weighted by atomic mass is 10.3. The van der Waals surface area contributed by atoms with Gasteiger partial charge < -0.3 is 4.74 Å². The number of carbonyl (C=O) groups is 1. The Morgan fingerprint density at radius 1 is 1.47 bits per heavy atom. The summed E-state index contributed by atoms with van der Waals surface area (Å²) < 4.78 is 6.50. The molecule has 1 heterocycles. The highest BCUT2D eigenvalue weighted by molar-refractivity contribution is 5.81. The quantitative estimate of drug-likeness (QED) is 0.591. The van der Waals surface area contributed by atoms with Crippen LogP contribution in [-0.2, 0) is 16.1 Å². The van der Waals surface area contributed by atoms with Gasteiger partial charge >= 0.3 is 5.97 Å². The van der Waals surface area contributed by atoms with Crippen molar-refractivity contribution in [3.05, 3.63) is 36.4 Å². The second kappa shape index (κ2) is 5.25. The lowest BCUT2D eigenvalue weighted by molar-refractivity contribution is -0.137. The van der Waals surface area contributed by atoms with Gasteiger partial charge in [-0.15, -0.1) is 5.10 Å². The second-order valence-electron chi connectivity index (χ2n) is 3.41. The number of para-hydroxylation sites is 1. The summed E-state index contributed by atoms with van der Waals surface area (Å²) in [6.07, 6.45) is 3.11. The number of fused-ring (bicyclic) bond motifs is 1. The Hall–Kier alpha value is -2.17. The summed E-state index contributed by atoms with van der Waals surface area (Å²) in [5.74, 6) is -0.336. The number of carbonyl (C=O) groups excluding carboxylic acids is 1. The van der Waals surface area contributed by atoms with Gasteiger partial charge in [-0.2, -0.15) is 0 Å². The molecule has 0 aliphatic rings. The van der Waals surface area contributed by atoms with Crippen LogP contribution in [0, 0.1) is 0 Å². The molecule has 0 aliphatic heterocycles. The van der Waals surface area contributed by atoms with Crippen molar-refractivity contribution in [2.24, 2.45) is 0 Å². The third kappa shape index (κ3) is 2.69. The minimum absolute atomic E-state index is 0.336. The Morgan fingerprint density at radius 3 is 3.12 bits per heavy atom. The minimum atomic E-state index is -0.336. The van der Waals surface area contributed by atoms with E-state index in [1.54, 1.807) is 17.7 Å². The van der Waals surface area contributed by atoms with E-state index < -0.39 is 0 Å². The van der Waals surface area contributed by atoms with Gasteiger partial charge in [0, 0.05) is 6.08 Å². The van der Waals surface area contributed by atoms with Crippen molar-refractivity contribution in [3.63, 3.8) is 0 Å². The van der Waals surface area contributed by atoms with E-state index in [1.807, 2.05) is 24.3 Å². The molecule has 0 aliphatic carbocycles. The van der Waals surface area contributed by atoms with Crippen LogP contribution in [0.5, 0.6) is 0 Å². The van der Waals surface area contributed by atoms with E-state index in [-0.39, 0.29) is 5.97 Å². The van der Waals surface area contributed by atoms with Crippen molar-refractivity contribution in [1.29, 1.82) is 0 Å². The van der Waals surface area contributed by atoms with Gasteiger partial charge in [0.1, 0.15) is 5.52 Å². The fourth-order valence-corrected chi connectivity index (χ4v) is 1.49. The molecule has 0 saturated carbocycles. The zero-order valence-corrected chi connectivity index (χ0v) is 9.54. The van der Waals surface area contributed by atoms with E-state index in [0.717, 1.165) is 11.0 Å². The van der Waals surface area contributed by atoms with Crippen molar-refractivity contribution >= 4 is 17.0 Å². The Bertz CT molecular complexity index is 545. The van der Waals surface area contributed by atoms with Crippen molar-refractivity contribution in [1.82, 2.24) is 15.0 Å². The SMILES string of the molecule is CCOC(=O)/C=C/Cn1nnc2ccccc21. The van der Waals surface area contributed by atoms with Crippen LogP contribution in [0.1, 0.15) is 6.92 Å². The van der Waals surface area contributed by atoms with Gasteiger partial charge in [0.05, 0.1) is 18.7 Å². The first-order valence-electron chi connectivity index (χ1n) is 5.43. The molecule has 0 unspecified atom stereocenters. The van der Waals surface area contributed by atoms with Crippen molar-refractivity contribution < 1.29 is 9.53 Å². The van der Waals surface area contributed by atoms with Crippen LogP contribution < -0.4 is 0 Å². The number of benzene rings is 1. The molecular formula is C12H13N3O2. The molecule has 1 aromatic heterocycles. The highest BCUT2D eigenvalue weighted by atomic mass is 16.5. The Kier molecular flexibility index (Phi) is 3.49. The Labute approximate surface area is 98.7 Å². The summed E-state index contributed by atoms with van der Waals surface area (Å²) in [5, 5.41) is 8.02. The van der Waals surface area contributed by atoms with E-state index in [1.165, 1.54) is 6.08 Å². The molecule has 88 valence electrons. The number of hydrogen-bond acceptors (Lipinski definition) is 4. The van der Waals surface area contributed by atoms with Crippen LogP contribution >= 0.6 is 0 Å². The summed E-state index contributed by atoms with van der Waals surface area (Å²) in [4.78, 5) is 11.1. The maximum atomic E-state index is 11.1. The highest BCUT2D eigenvalue weighted by Gasteiger charge is 2.01. The van der Waals surface area contributed by atoms with Gasteiger partial charge in [-0.3, -0.25) is 0 Å².